The van der Waals surface area contributed by atoms with Gasteiger partial charge in [-0.1, -0.05) is 30.3 Å². The fraction of sp³-hybridized carbons (Fsp3) is 0.500. The van der Waals surface area contributed by atoms with Crippen LogP contribution in [0.2, 0.25) is 0 Å². The summed E-state index contributed by atoms with van der Waals surface area (Å²) in [6, 6.07) is 9.38. The summed E-state index contributed by atoms with van der Waals surface area (Å²) in [5.74, 6) is -0.162. The standard InChI is InChI=1S/C14H21N3O2/c15-13(10-18)14(19)17-7-6-16-9-12(17)8-11-4-2-1-3-5-11/h1-5,12-13,16,18H,6-10,15H2. The number of piperazine rings is 1. The third kappa shape index (κ3) is 3.53. The first-order chi connectivity index (χ1) is 9.22. The van der Waals surface area contributed by atoms with Gasteiger partial charge in [-0.05, 0) is 12.0 Å². The molecule has 19 heavy (non-hydrogen) atoms. The fourth-order valence-corrected chi connectivity index (χ4v) is 2.41. The van der Waals surface area contributed by atoms with Crippen LogP contribution in [0.25, 0.3) is 0 Å². The first-order valence-corrected chi connectivity index (χ1v) is 6.64. The zero-order valence-electron chi connectivity index (χ0n) is 11.0. The van der Waals surface area contributed by atoms with Gasteiger partial charge in [0.15, 0.2) is 0 Å². The van der Waals surface area contributed by atoms with Crippen molar-refractivity contribution in [2.75, 3.05) is 26.2 Å². The van der Waals surface area contributed by atoms with E-state index in [0.29, 0.717) is 6.54 Å². The van der Waals surface area contributed by atoms with Crippen molar-refractivity contribution in [3.8, 4) is 0 Å². The van der Waals surface area contributed by atoms with Crippen LogP contribution in [0.1, 0.15) is 5.56 Å². The lowest BCUT2D eigenvalue weighted by molar-refractivity contribution is -0.136. The second kappa shape index (κ2) is 6.65. The number of nitrogens with one attached hydrogen (secondary N) is 1. The molecule has 5 heteroatoms. The van der Waals surface area contributed by atoms with Gasteiger partial charge < -0.3 is 21.1 Å². The van der Waals surface area contributed by atoms with Gasteiger partial charge in [0, 0.05) is 25.7 Å². The number of aliphatic hydroxyl groups is 1. The Labute approximate surface area is 113 Å². The second-order valence-corrected chi connectivity index (χ2v) is 4.87. The quantitative estimate of drug-likeness (QED) is 0.674. The Morgan fingerprint density at radius 3 is 2.89 bits per heavy atom. The van der Waals surface area contributed by atoms with Crippen molar-refractivity contribution in [2.24, 2.45) is 5.73 Å². The van der Waals surface area contributed by atoms with E-state index in [1.54, 1.807) is 4.90 Å². The minimum Gasteiger partial charge on any atom is -0.394 e. The maximum Gasteiger partial charge on any atom is 0.242 e. The Bertz CT molecular complexity index is 410. The smallest absolute Gasteiger partial charge is 0.242 e. The molecule has 0 saturated carbocycles. The molecule has 0 aliphatic carbocycles. The third-order valence-corrected chi connectivity index (χ3v) is 3.46. The van der Waals surface area contributed by atoms with Gasteiger partial charge in [0.2, 0.25) is 5.91 Å². The number of hydrogen-bond donors (Lipinski definition) is 3. The summed E-state index contributed by atoms with van der Waals surface area (Å²) in [6.07, 6.45) is 0.803. The van der Waals surface area contributed by atoms with Gasteiger partial charge in [-0.15, -0.1) is 0 Å². The van der Waals surface area contributed by atoms with Crippen LogP contribution in [0.4, 0.5) is 0 Å². The van der Waals surface area contributed by atoms with Crippen molar-refractivity contribution in [2.45, 2.75) is 18.5 Å². The molecule has 5 nitrogen and oxygen atoms in total. The number of carbonyl (C=O) groups excluding carboxylic acids is 1. The van der Waals surface area contributed by atoms with Crippen LogP contribution < -0.4 is 11.1 Å². The number of hydrogen-bond acceptors (Lipinski definition) is 4. The molecule has 104 valence electrons. The lowest BCUT2D eigenvalue weighted by Gasteiger charge is -2.37. The van der Waals surface area contributed by atoms with Crippen LogP contribution in [0.15, 0.2) is 30.3 Å². The number of nitrogens with zero attached hydrogens (tertiary/aromatic N) is 1. The highest BCUT2D eigenvalue weighted by molar-refractivity contribution is 5.82. The van der Waals surface area contributed by atoms with Gasteiger partial charge in [-0.25, -0.2) is 0 Å². The van der Waals surface area contributed by atoms with Crippen molar-refractivity contribution in [3.63, 3.8) is 0 Å². The van der Waals surface area contributed by atoms with Gasteiger partial charge in [0.05, 0.1) is 6.61 Å². The van der Waals surface area contributed by atoms with Crippen molar-refractivity contribution >= 4 is 5.91 Å². The van der Waals surface area contributed by atoms with Crippen LogP contribution in [-0.4, -0.2) is 54.2 Å². The average Bonchev–Trinajstić information content (AvgIpc) is 2.47. The molecule has 1 aliphatic rings. The Balaban J connectivity index is 2.06. The van der Waals surface area contributed by atoms with Gasteiger partial charge in [-0.3, -0.25) is 4.79 Å². The molecule has 0 bridgehead atoms. The highest BCUT2D eigenvalue weighted by Crippen LogP contribution is 2.12. The predicted octanol–water partition coefficient (Wildman–Crippen LogP) is -0.651. The third-order valence-electron chi connectivity index (χ3n) is 3.46. The zero-order chi connectivity index (χ0) is 13.7. The molecule has 2 atom stereocenters. The maximum absolute atomic E-state index is 12.1. The summed E-state index contributed by atoms with van der Waals surface area (Å²) >= 11 is 0. The van der Waals surface area contributed by atoms with Crippen molar-refractivity contribution in [3.05, 3.63) is 35.9 Å². The Morgan fingerprint density at radius 1 is 1.47 bits per heavy atom. The molecular formula is C14H21N3O2. The monoisotopic (exact) mass is 263 g/mol. The van der Waals surface area contributed by atoms with Gasteiger partial charge >= 0.3 is 0 Å². The summed E-state index contributed by atoms with van der Waals surface area (Å²) in [6.45, 7) is 1.87. The molecule has 2 unspecified atom stereocenters. The molecular weight excluding hydrogens is 242 g/mol. The fourth-order valence-electron chi connectivity index (χ4n) is 2.41. The lowest BCUT2D eigenvalue weighted by atomic mass is 10.0. The second-order valence-electron chi connectivity index (χ2n) is 4.87. The van der Waals surface area contributed by atoms with Crippen molar-refractivity contribution < 1.29 is 9.90 Å². The number of aliphatic hydroxyl groups excluding tert-OH is 1. The van der Waals surface area contributed by atoms with Crippen LogP contribution in [0.5, 0.6) is 0 Å². The molecule has 1 aliphatic heterocycles. The van der Waals surface area contributed by atoms with E-state index in [-0.39, 0.29) is 18.6 Å². The molecule has 1 fully saturated rings. The van der Waals surface area contributed by atoms with E-state index in [0.717, 1.165) is 19.5 Å². The highest BCUT2D eigenvalue weighted by Gasteiger charge is 2.29. The number of benzene rings is 1. The summed E-state index contributed by atoms with van der Waals surface area (Å²) in [7, 11) is 0. The molecule has 4 N–H and O–H groups in total. The minimum atomic E-state index is -0.809. The van der Waals surface area contributed by atoms with Gasteiger partial charge in [0.1, 0.15) is 6.04 Å². The van der Waals surface area contributed by atoms with E-state index >= 15 is 0 Å². The summed E-state index contributed by atoms with van der Waals surface area (Å²) in [4.78, 5) is 13.9. The minimum absolute atomic E-state index is 0.0984. The van der Waals surface area contributed by atoms with Crippen LogP contribution in [-0.2, 0) is 11.2 Å². The van der Waals surface area contributed by atoms with Crippen molar-refractivity contribution in [1.82, 2.24) is 10.2 Å². The average molecular weight is 263 g/mol. The zero-order valence-corrected chi connectivity index (χ0v) is 11.0. The summed E-state index contributed by atoms with van der Waals surface area (Å²) in [5, 5.41) is 12.3. The molecule has 0 spiro atoms. The molecule has 0 aromatic heterocycles. The van der Waals surface area contributed by atoms with E-state index < -0.39 is 6.04 Å². The van der Waals surface area contributed by atoms with Gasteiger partial charge in [0.25, 0.3) is 0 Å². The Morgan fingerprint density at radius 2 is 2.21 bits per heavy atom. The number of carbonyl (C=O) groups is 1. The molecule has 1 aromatic rings. The van der Waals surface area contributed by atoms with Crippen LogP contribution in [0, 0.1) is 0 Å². The predicted molar refractivity (Wildman–Crippen MR) is 73.6 cm³/mol. The Kier molecular flexibility index (Phi) is 4.90. The SMILES string of the molecule is NC(CO)C(=O)N1CCNCC1Cc1ccccc1. The van der Waals surface area contributed by atoms with E-state index in [1.807, 2.05) is 18.2 Å². The van der Waals surface area contributed by atoms with E-state index in [1.165, 1.54) is 5.56 Å². The van der Waals surface area contributed by atoms with E-state index in [9.17, 15) is 4.79 Å². The maximum atomic E-state index is 12.1. The summed E-state index contributed by atoms with van der Waals surface area (Å²) < 4.78 is 0. The van der Waals surface area contributed by atoms with E-state index in [2.05, 4.69) is 17.4 Å². The van der Waals surface area contributed by atoms with E-state index in [4.69, 9.17) is 10.8 Å². The number of amides is 1. The van der Waals surface area contributed by atoms with Crippen LogP contribution >= 0.6 is 0 Å². The first-order valence-electron chi connectivity index (χ1n) is 6.64. The molecule has 2 rings (SSSR count). The molecule has 1 saturated heterocycles. The largest absolute Gasteiger partial charge is 0.394 e. The lowest BCUT2D eigenvalue weighted by Crippen LogP contribution is -2.58. The number of rotatable bonds is 4. The molecule has 1 amide bonds. The first kappa shape index (κ1) is 14.0. The molecule has 1 heterocycles. The topological polar surface area (TPSA) is 78.6 Å². The van der Waals surface area contributed by atoms with Crippen molar-refractivity contribution in [1.29, 1.82) is 0 Å². The molecule has 1 aromatic carbocycles. The van der Waals surface area contributed by atoms with Gasteiger partial charge in [-0.2, -0.15) is 0 Å². The molecule has 0 radical (unpaired) electrons. The van der Waals surface area contributed by atoms with Crippen LogP contribution in [0.3, 0.4) is 0 Å². The Hall–Kier alpha value is -1.43. The normalized spacial score (nSPS) is 21.2. The highest BCUT2D eigenvalue weighted by atomic mass is 16.3. The summed E-state index contributed by atoms with van der Waals surface area (Å²) in [5.41, 5.74) is 6.84. The number of nitrogens with two attached hydrogens (primary N) is 1.